The molecule has 0 spiro atoms. The molecule has 0 aliphatic carbocycles. The topological polar surface area (TPSA) is 70.5 Å². The Kier molecular flexibility index (Phi) is 4.26. The van der Waals surface area contributed by atoms with Gasteiger partial charge in [-0.15, -0.1) is 0 Å². The van der Waals surface area contributed by atoms with E-state index in [-0.39, 0.29) is 11.5 Å². The molecule has 0 aliphatic heterocycles. The maximum absolute atomic E-state index is 12.0. The van der Waals surface area contributed by atoms with Crippen molar-refractivity contribution in [3.05, 3.63) is 52.7 Å². The fraction of sp³-hybridized carbons (Fsp3) is 0.235. The third-order valence-corrected chi connectivity index (χ3v) is 3.42. The van der Waals surface area contributed by atoms with Gasteiger partial charge >= 0.3 is 5.97 Å². The van der Waals surface area contributed by atoms with Gasteiger partial charge in [0.05, 0.1) is 17.0 Å². The van der Waals surface area contributed by atoms with Crippen molar-refractivity contribution in [2.45, 2.75) is 13.8 Å². The maximum Gasteiger partial charge on any atom is 0.337 e. The predicted molar refractivity (Wildman–Crippen MR) is 84.1 cm³/mol. The summed E-state index contributed by atoms with van der Waals surface area (Å²) in [6.07, 6.45) is 0. The standard InChI is InChI=1S/C17H18N2O3/c1-10-8-14(18-11(2)15(10)17(21)22)12-6-5-7-13(9-12)16(20)19(3)4/h5-9H,1-4H3,(H,21,22). The van der Waals surface area contributed by atoms with Gasteiger partial charge in [0.15, 0.2) is 0 Å². The van der Waals surface area contributed by atoms with Crippen molar-refractivity contribution in [2.24, 2.45) is 0 Å². The van der Waals surface area contributed by atoms with Crippen LogP contribution >= 0.6 is 0 Å². The highest BCUT2D eigenvalue weighted by Gasteiger charge is 2.15. The number of benzene rings is 1. The van der Waals surface area contributed by atoms with Crippen LogP contribution in [0.15, 0.2) is 30.3 Å². The summed E-state index contributed by atoms with van der Waals surface area (Å²) >= 11 is 0. The number of aryl methyl sites for hydroxylation is 2. The second-order valence-electron chi connectivity index (χ2n) is 5.37. The summed E-state index contributed by atoms with van der Waals surface area (Å²) in [6.45, 7) is 3.42. The number of hydrogen-bond acceptors (Lipinski definition) is 3. The van der Waals surface area contributed by atoms with Crippen molar-refractivity contribution in [3.8, 4) is 11.3 Å². The molecule has 2 rings (SSSR count). The number of carbonyl (C=O) groups is 2. The molecule has 0 bridgehead atoms. The zero-order chi connectivity index (χ0) is 16.4. The number of hydrogen-bond donors (Lipinski definition) is 1. The fourth-order valence-electron chi connectivity index (χ4n) is 2.37. The molecular formula is C17H18N2O3. The first kappa shape index (κ1) is 15.7. The van der Waals surface area contributed by atoms with Crippen LogP contribution in [0, 0.1) is 13.8 Å². The van der Waals surface area contributed by atoms with Gasteiger partial charge in [-0.3, -0.25) is 9.78 Å². The van der Waals surface area contributed by atoms with Gasteiger partial charge in [0, 0.05) is 25.2 Å². The van der Waals surface area contributed by atoms with Gasteiger partial charge < -0.3 is 10.0 Å². The van der Waals surface area contributed by atoms with Gasteiger partial charge in [-0.25, -0.2) is 4.79 Å². The number of carbonyl (C=O) groups excluding carboxylic acids is 1. The molecule has 114 valence electrons. The van der Waals surface area contributed by atoms with Gasteiger partial charge in [0.1, 0.15) is 0 Å². The third-order valence-electron chi connectivity index (χ3n) is 3.42. The molecule has 1 aromatic carbocycles. The first-order valence-electron chi connectivity index (χ1n) is 6.85. The van der Waals surface area contributed by atoms with E-state index in [2.05, 4.69) is 4.98 Å². The van der Waals surface area contributed by atoms with E-state index in [1.54, 1.807) is 52.2 Å². The molecular weight excluding hydrogens is 280 g/mol. The van der Waals surface area contributed by atoms with E-state index in [4.69, 9.17) is 0 Å². The van der Waals surface area contributed by atoms with Gasteiger partial charge in [0.25, 0.3) is 5.91 Å². The number of amides is 1. The average molecular weight is 298 g/mol. The van der Waals surface area contributed by atoms with Gasteiger partial charge in [-0.1, -0.05) is 12.1 Å². The Balaban J connectivity index is 2.51. The second-order valence-corrected chi connectivity index (χ2v) is 5.37. The van der Waals surface area contributed by atoms with Crippen LogP contribution in [0.2, 0.25) is 0 Å². The Morgan fingerprint density at radius 3 is 2.36 bits per heavy atom. The van der Waals surface area contributed by atoms with Crippen LogP contribution in [0.3, 0.4) is 0 Å². The second kappa shape index (κ2) is 5.97. The van der Waals surface area contributed by atoms with Crippen LogP contribution in [0.5, 0.6) is 0 Å². The lowest BCUT2D eigenvalue weighted by Gasteiger charge is -2.12. The Morgan fingerprint density at radius 2 is 1.82 bits per heavy atom. The minimum Gasteiger partial charge on any atom is -0.478 e. The minimum atomic E-state index is -0.981. The first-order valence-corrected chi connectivity index (χ1v) is 6.85. The number of aromatic carboxylic acids is 1. The molecule has 1 heterocycles. The summed E-state index contributed by atoms with van der Waals surface area (Å²) in [5.74, 6) is -1.07. The number of carboxylic acids is 1. The average Bonchev–Trinajstić information content (AvgIpc) is 2.45. The molecule has 0 fully saturated rings. The van der Waals surface area contributed by atoms with Crippen LogP contribution in [0.4, 0.5) is 0 Å². The van der Waals surface area contributed by atoms with Crippen molar-refractivity contribution in [1.29, 1.82) is 0 Å². The van der Waals surface area contributed by atoms with Crippen molar-refractivity contribution < 1.29 is 14.7 Å². The fourth-order valence-corrected chi connectivity index (χ4v) is 2.37. The molecule has 0 saturated carbocycles. The molecule has 1 aromatic heterocycles. The lowest BCUT2D eigenvalue weighted by Crippen LogP contribution is -2.21. The lowest BCUT2D eigenvalue weighted by atomic mass is 10.0. The first-order chi connectivity index (χ1) is 10.3. The third kappa shape index (κ3) is 2.98. The largest absolute Gasteiger partial charge is 0.478 e. The molecule has 0 aliphatic rings. The van der Waals surface area contributed by atoms with Gasteiger partial charge in [-0.2, -0.15) is 0 Å². The summed E-state index contributed by atoms with van der Waals surface area (Å²) in [5, 5.41) is 9.20. The van der Waals surface area contributed by atoms with Crippen LogP contribution < -0.4 is 0 Å². The summed E-state index contributed by atoms with van der Waals surface area (Å²) in [6, 6.07) is 8.90. The quantitative estimate of drug-likeness (QED) is 0.946. The van der Waals surface area contributed by atoms with E-state index in [9.17, 15) is 14.7 Å². The summed E-state index contributed by atoms with van der Waals surface area (Å²) in [7, 11) is 3.40. The normalized spacial score (nSPS) is 10.4. The highest BCUT2D eigenvalue weighted by molar-refractivity contribution is 5.95. The van der Waals surface area contributed by atoms with Crippen molar-refractivity contribution >= 4 is 11.9 Å². The van der Waals surface area contributed by atoms with Crippen LogP contribution in [-0.4, -0.2) is 41.0 Å². The van der Waals surface area contributed by atoms with E-state index in [0.29, 0.717) is 22.5 Å². The van der Waals surface area contributed by atoms with Crippen molar-refractivity contribution in [2.75, 3.05) is 14.1 Å². The highest BCUT2D eigenvalue weighted by Crippen LogP contribution is 2.23. The zero-order valence-electron chi connectivity index (χ0n) is 13.0. The van der Waals surface area contributed by atoms with Crippen molar-refractivity contribution in [3.63, 3.8) is 0 Å². The van der Waals surface area contributed by atoms with E-state index >= 15 is 0 Å². The summed E-state index contributed by atoms with van der Waals surface area (Å²) in [5.41, 5.74) is 3.36. The highest BCUT2D eigenvalue weighted by atomic mass is 16.4. The maximum atomic E-state index is 12.0. The molecule has 22 heavy (non-hydrogen) atoms. The number of nitrogens with zero attached hydrogens (tertiary/aromatic N) is 2. The lowest BCUT2D eigenvalue weighted by molar-refractivity contribution is 0.0694. The predicted octanol–water partition coefficient (Wildman–Crippen LogP) is 2.77. The molecule has 0 atom stereocenters. The van der Waals surface area contributed by atoms with E-state index in [1.807, 2.05) is 6.07 Å². The number of pyridine rings is 1. The Labute approximate surface area is 129 Å². The van der Waals surface area contributed by atoms with Crippen LogP contribution in [0.25, 0.3) is 11.3 Å². The van der Waals surface area contributed by atoms with E-state index in [0.717, 1.165) is 5.56 Å². The Bertz CT molecular complexity index is 728. The molecule has 1 N–H and O–H groups in total. The zero-order valence-corrected chi connectivity index (χ0v) is 13.0. The number of carboxylic acid groups (broad SMARTS) is 1. The monoisotopic (exact) mass is 298 g/mol. The van der Waals surface area contributed by atoms with Crippen LogP contribution in [-0.2, 0) is 0 Å². The molecule has 5 nitrogen and oxygen atoms in total. The molecule has 1 amide bonds. The number of rotatable bonds is 3. The van der Waals surface area contributed by atoms with E-state index < -0.39 is 5.97 Å². The summed E-state index contributed by atoms with van der Waals surface area (Å²) in [4.78, 5) is 29.1. The Morgan fingerprint density at radius 1 is 1.14 bits per heavy atom. The number of aromatic nitrogens is 1. The molecule has 0 radical (unpaired) electrons. The SMILES string of the molecule is Cc1cc(-c2cccc(C(=O)N(C)C)c2)nc(C)c1C(=O)O. The van der Waals surface area contributed by atoms with Gasteiger partial charge in [0.2, 0.25) is 0 Å². The molecule has 2 aromatic rings. The van der Waals surface area contributed by atoms with E-state index in [1.165, 1.54) is 4.90 Å². The summed E-state index contributed by atoms with van der Waals surface area (Å²) < 4.78 is 0. The smallest absolute Gasteiger partial charge is 0.337 e. The molecule has 0 saturated heterocycles. The van der Waals surface area contributed by atoms with Crippen LogP contribution in [0.1, 0.15) is 32.0 Å². The minimum absolute atomic E-state index is 0.0857. The van der Waals surface area contributed by atoms with Gasteiger partial charge in [-0.05, 0) is 37.6 Å². The molecule has 0 unspecified atom stereocenters. The Hall–Kier alpha value is -2.69. The molecule has 5 heteroatoms. The van der Waals surface area contributed by atoms with Crippen molar-refractivity contribution in [1.82, 2.24) is 9.88 Å².